The lowest BCUT2D eigenvalue weighted by molar-refractivity contribution is -0.192. The SMILES string of the molecule is COc1cc(C(Nc2ccc(C(=N)N)cc2)c2nn(-c3ncccc3N)c(=O)[nH]2)cc2c1OCCCO2.O=C(O)C(F)(F)F. The number of carboxylic acids is 1. The number of pyridine rings is 1. The number of carbonyl (C=O) groups is 1. The van der Waals surface area contributed by atoms with Crippen LogP contribution in [-0.2, 0) is 4.79 Å². The van der Waals surface area contributed by atoms with Crippen molar-refractivity contribution >= 4 is 23.2 Å². The molecule has 4 aromatic rings. The number of anilines is 2. The number of carboxylic acid groups (broad SMARTS) is 1. The van der Waals surface area contributed by atoms with E-state index >= 15 is 0 Å². The molecule has 1 aliphatic heterocycles. The zero-order valence-electron chi connectivity index (χ0n) is 23.0. The maximum atomic E-state index is 12.9. The Balaban J connectivity index is 0.000000566. The molecule has 0 saturated carbocycles. The van der Waals surface area contributed by atoms with E-state index in [-0.39, 0.29) is 11.7 Å². The first kappa shape index (κ1) is 31.2. The molecular formula is C27H27F3N8O6. The van der Waals surface area contributed by atoms with Gasteiger partial charge in [0.1, 0.15) is 11.9 Å². The van der Waals surface area contributed by atoms with E-state index in [2.05, 4.69) is 20.4 Å². The minimum absolute atomic E-state index is 0.0354. The van der Waals surface area contributed by atoms with Crippen molar-refractivity contribution in [2.24, 2.45) is 5.73 Å². The van der Waals surface area contributed by atoms with Crippen LogP contribution in [0.1, 0.15) is 29.4 Å². The van der Waals surface area contributed by atoms with Gasteiger partial charge in [0.05, 0.1) is 26.0 Å². The molecule has 3 heterocycles. The van der Waals surface area contributed by atoms with Crippen molar-refractivity contribution in [1.82, 2.24) is 19.7 Å². The summed E-state index contributed by atoms with van der Waals surface area (Å²) in [7, 11) is 1.55. The van der Waals surface area contributed by atoms with Crippen molar-refractivity contribution in [3.63, 3.8) is 0 Å². The second-order valence-electron chi connectivity index (χ2n) is 9.12. The number of rotatable bonds is 7. The highest BCUT2D eigenvalue weighted by atomic mass is 19.4. The van der Waals surface area contributed by atoms with Crippen LogP contribution in [0.2, 0.25) is 0 Å². The molecule has 0 bridgehead atoms. The molecule has 1 unspecified atom stereocenters. The van der Waals surface area contributed by atoms with E-state index in [0.29, 0.717) is 58.8 Å². The fourth-order valence-corrected chi connectivity index (χ4v) is 4.00. The van der Waals surface area contributed by atoms with Crippen molar-refractivity contribution in [1.29, 1.82) is 5.41 Å². The Morgan fingerprint density at radius 3 is 2.50 bits per heavy atom. The normalized spacial score (nSPS) is 13.1. The van der Waals surface area contributed by atoms with Crippen LogP contribution in [0.25, 0.3) is 5.82 Å². The molecule has 232 valence electrons. The van der Waals surface area contributed by atoms with Gasteiger partial charge in [-0.3, -0.25) is 10.4 Å². The van der Waals surface area contributed by atoms with E-state index in [9.17, 15) is 18.0 Å². The number of alkyl halides is 3. The maximum absolute atomic E-state index is 12.9. The van der Waals surface area contributed by atoms with Crippen LogP contribution in [0.5, 0.6) is 17.2 Å². The molecule has 2 aromatic carbocycles. The molecule has 0 fully saturated rings. The number of aliphatic carboxylic acids is 1. The lowest BCUT2D eigenvalue weighted by atomic mass is 10.0. The second-order valence-corrected chi connectivity index (χ2v) is 9.12. The average molecular weight is 617 g/mol. The van der Waals surface area contributed by atoms with E-state index in [1.807, 2.05) is 12.1 Å². The molecule has 1 atom stereocenters. The number of nitrogens with one attached hydrogen (secondary N) is 3. The van der Waals surface area contributed by atoms with E-state index in [4.69, 9.17) is 41.0 Å². The summed E-state index contributed by atoms with van der Waals surface area (Å²) < 4.78 is 50.3. The summed E-state index contributed by atoms with van der Waals surface area (Å²) in [5.74, 6) is -0.726. The van der Waals surface area contributed by atoms with Crippen molar-refractivity contribution < 1.29 is 37.3 Å². The zero-order valence-corrected chi connectivity index (χ0v) is 23.0. The van der Waals surface area contributed by atoms with Crippen LogP contribution < -0.4 is 36.7 Å². The lowest BCUT2D eigenvalue weighted by Gasteiger charge is -2.21. The topological polar surface area (TPSA) is 216 Å². The highest BCUT2D eigenvalue weighted by Gasteiger charge is 2.38. The molecule has 0 spiro atoms. The number of ether oxygens (including phenoxy) is 3. The van der Waals surface area contributed by atoms with Crippen molar-refractivity contribution in [3.05, 3.63) is 82.2 Å². The van der Waals surface area contributed by atoms with Crippen LogP contribution in [0, 0.1) is 5.41 Å². The number of nitrogen functional groups attached to an aromatic ring is 2. The first-order valence-electron chi connectivity index (χ1n) is 12.8. The fraction of sp³-hybridized carbons (Fsp3) is 0.222. The molecule has 14 nitrogen and oxygen atoms in total. The summed E-state index contributed by atoms with van der Waals surface area (Å²) in [4.78, 5) is 28.8. The molecule has 44 heavy (non-hydrogen) atoms. The standard InChI is InChI=1S/C25H26N8O4.C2HF3O2/c1-35-18-12-15(13-19-21(18)37-11-3-10-36-19)20(30-16-7-5-14(6-8-16)22(27)28)23-31-25(34)33(32-23)24-17(26)4-2-9-29-24;3-2(4,5)1(6)7/h2,4-9,12-13,20,30H,3,10-11,26H2,1H3,(H3,27,28)(H,31,32,34);(H,6,7). The predicted octanol–water partition coefficient (Wildman–Crippen LogP) is 2.83. The number of halogens is 3. The Bertz CT molecular complexity index is 1710. The molecule has 2 aromatic heterocycles. The number of aromatic nitrogens is 4. The van der Waals surface area contributed by atoms with E-state index < -0.39 is 23.9 Å². The van der Waals surface area contributed by atoms with Crippen LogP contribution in [-0.4, -0.2) is 63.2 Å². The lowest BCUT2D eigenvalue weighted by Crippen LogP contribution is -2.21. The first-order chi connectivity index (χ1) is 20.9. The number of nitrogens with two attached hydrogens (primary N) is 2. The van der Waals surface area contributed by atoms with Gasteiger partial charge in [-0.2, -0.15) is 17.9 Å². The van der Waals surface area contributed by atoms with Crippen molar-refractivity contribution in [3.8, 4) is 23.1 Å². The highest BCUT2D eigenvalue weighted by molar-refractivity contribution is 5.95. The van der Waals surface area contributed by atoms with Gasteiger partial charge in [0.25, 0.3) is 0 Å². The first-order valence-corrected chi connectivity index (χ1v) is 12.8. The third-order valence-electron chi connectivity index (χ3n) is 6.06. The highest BCUT2D eigenvalue weighted by Crippen LogP contribution is 2.42. The maximum Gasteiger partial charge on any atom is 0.490 e. The number of hydrogen-bond donors (Lipinski definition) is 6. The molecule has 8 N–H and O–H groups in total. The molecule has 5 rings (SSSR count). The molecule has 0 saturated heterocycles. The number of benzene rings is 2. The van der Waals surface area contributed by atoms with Gasteiger partial charge in [-0.15, -0.1) is 5.10 Å². The quantitative estimate of drug-likeness (QED) is 0.131. The number of hydrogen-bond acceptors (Lipinski definition) is 10. The van der Waals surface area contributed by atoms with Crippen LogP contribution in [0.15, 0.2) is 59.5 Å². The monoisotopic (exact) mass is 616 g/mol. The van der Waals surface area contributed by atoms with Crippen LogP contribution >= 0.6 is 0 Å². The van der Waals surface area contributed by atoms with Crippen molar-refractivity contribution in [2.75, 3.05) is 31.4 Å². The number of methoxy groups -OCH3 is 1. The minimum Gasteiger partial charge on any atom is -0.493 e. The van der Waals surface area contributed by atoms with Gasteiger partial charge in [0.15, 0.2) is 23.1 Å². The van der Waals surface area contributed by atoms with Crippen molar-refractivity contribution in [2.45, 2.75) is 18.6 Å². The third kappa shape index (κ3) is 7.18. The Kier molecular flexibility index (Phi) is 9.26. The van der Waals surface area contributed by atoms with Gasteiger partial charge < -0.3 is 36.1 Å². The molecule has 0 radical (unpaired) electrons. The molecule has 1 aliphatic rings. The average Bonchev–Trinajstić information content (AvgIpc) is 3.20. The summed E-state index contributed by atoms with van der Waals surface area (Å²) in [6.07, 6.45) is -2.81. The number of aromatic amines is 1. The number of amidine groups is 1. The predicted molar refractivity (Wildman–Crippen MR) is 152 cm³/mol. The fourth-order valence-electron chi connectivity index (χ4n) is 4.00. The molecule has 17 heteroatoms. The van der Waals surface area contributed by atoms with E-state index in [1.54, 1.807) is 43.5 Å². The summed E-state index contributed by atoms with van der Waals surface area (Å²) in [5, 5.41) is 22.7. The Morgan fingerprint density at radius 2 is 1.89 bits per heavy atom. The van der Waals surface area contributed by atoms with Gasteiger partial charge in [-0.1, -0.05) is 0 Å². The Labute approximate surface area is 246 Å². The van der Waals surface area contributed by atoms with Gasteiger partial charge >= 0.3 is 17.8 Å². The summed E-state index contributed by atoms with van der Waals surface area (Å²) in [6, 6.07) is 13.3. The molecular weight excluding hydrogens is 589 g/mol. The zero-order chi connectivity index (χ0) is 32.0. The number of fused-ring (bicyclic) bond motifs is 1. The van der Waals surface area contributed by atoms with E-state index in [1.165, 1.54) is 6.20 Å². The Hall–Kier alpha value is -5.74. The summed E-state index contributed by atoms with van der Waals surface area (Å²) in [5.41, 5.74) is 13.4. The summed E-state index contributed by atoms with van der Waals surface area (Å²) in [6.45, 7) is 1.00. The smallest absolute Gasteiger partial charge is 0.490 e. The van der Waals surface area contributed by atoms with Crippen LogP contribution in [0.3, 0.4) is 0 Å². The van der Waals surface area contributed by atoms with Gasteiger partial charge in [-0.05, 0) is 54.1 Å². The number of H-pyrrole nitrogens is 1. The second kappa shape index (κ2) is 13.1. The molecule has 0 amide bonds. The summed E-state index contributed by atoms with van der Waals surface area (Å²) >= 11 is 0. The largest absolute Gasteiger partial charge is 0.493 e. The molecule has 0 aliphatic carbocycles. The third-order valence-corrected chi connectivity index (χ3v) is 6.06. The Morgan fingerprint density at radius 1 is 1.20 bits per heavy atom. The van der Waals surface area contributed by atoms with Gasteiger partial charge in [0, 0.05) is 23.9 Å². The van der Waals surface area contributed by atoms with E-state index in [0.717, 1.165) is 11.1 Å². The van der Waals surface area contributed by atoms with Gasteiger partial charge in [-0.25, -0.2) is 14.6 Å². The van der Waals surface area contributed by atoms with Crippen LogP contribution in [0.4, 0.5) is 24.5 Å². The number of nitrogens with zero attached hydrogens (tertiary/aromatic N) is 3. The minimum atomic E-state index is -5.08. The van der Waals surface area contributed by atoms with Gasteiger partial charge in [0.2, 0.25) is 5.75 Å².